The van der Waals surface area contributed by atoms with Crippen molar-refractivity contribution in [3.05, 3.63) is 67.6 Å². The molecule has 35 heavy (non-hydrogen) atoms. The lowest BCUT2D eigenvalue weighted by Gasteiger charge is -2.14. The van der Waals surface area contributed by atoms with Crippen LogP contribution in [0, 0.1) is 27.7 Å². The van der Waals surface area contributed by atoms with Crippen molar-refractivity contribution >= 4 is 56.0 Å². The Labute approximate surface area is 213 Å². The van der Waals surface area contributed by atoms with Gasteiger partial charge in [0.25, 0.3) is 5.91 Å². The zero-order valence-corrected chi connectivity index (χ0v) is 22.4. The van der Waals surface area contributed by atoms with E-state index >= 15 is 0 Å². The first-order valence-electron chi connectivity index (χ1n) is 10.8. The fraction of sp³-hybridized carbons (Fsp3) is 0.292. The summed E-state index contributed by atoms with van der Waals surface area (Å²) in [5.74, 6) is -0.841. The Balaban J connectivity index is 1.85. The molecule has 0 saturated heterocycles. The number of hydrogen-bond acceptors (Lipinski definition) is 8. The van der Waals surface area contributed by atoms with E-state index in [1.54, 1.807) is 33.8 Å². The minimum atomic E-state index is -3.84. The van der Waals surface area contributed by atoms with Gasteiger partial charge in [-0.1, -0.05) is 35.8 Å². The molecule has 0 bridgehead atoms. The van der Waals surface area contributed by atoms with Crippen molar-refractivity contribution in [3.8, 4) is 0 Å². The Kier molecular flexibility index (Phi) is 8.19. The number of halogens is 1. The molecule has 0 aliphatic heterocycles. The molecule has 11 heteroatoms. The number of benzene rings is 1. The lowest BCUT2D eigenvalue weighted by molar-refractivity contribution is 0.0989. The Bertz CT molecular complexity index is 1420. The van der Waals surface area contributed by atoms with Gasteiger partial charge >= 0.3 is 0 Å². The predicted molar refractivity (Wildman–Crippen MR) is 139 cm³/mol. The second kappa shape index (κ2) is 10.8. The maximum Gasteiger partial charge on any atom is 0.267 e. The number of hydrogen-bond donors (Lipinski definition) is 2. The van der Waals surface area contributed by atoms with E-state index in [9.17, 15) is 18.0 Å². The van der Waals surface area contributed by atoms with Gasteiger partial charge in [-0.05, 0) is 51.0 Å². The summed E-state index contributed by atoms with van der Waals surface area (Å²) < 4.78 is 31.1. The molecule has 186 valence electrons. The molecule has 2 N–H and O–H groups in total. The highest BCUT2D eigenvalue weighted by Crippen LogP contribution is 2.31. The largest absolute Gasteiger partial charge is 0.337 e. The number of aromatic nitrogens is 1. The van der Waals surface area contributed by atoms with Gasteiger partial charge < -0.3 is 15.2 Å². The van der Waals surface area contributed by atoms with Crippen LogP contribution in [0.1, 0.15) is 55.1 Å². The van der Waals surface area contributed by atoms with E-state index in [1.807, 2.05) is 13.0 Å². The molecule has 0 saturated carbocycles. The Morgan fingerprint density at radius 1 is 1.17 bits per heavy atom. The first-order valence-corrected chi connectivity index (χ1v) is 13.6. The molecule has 0 atom stereocenters. The van der Waals surface area contributed by atoms with Crippen LogP contribution >= 0.6 is 22.9 Å². The third kappa shape index (κ3) is 6.01. The zero-order chi connectivity index (χ0) is 25.9. The molecule has 3 aromatic rings. The Morgan fingerprint density at radius 3 is 2.51 bits per heavy atom. The van der Waals surface area contributed by atoms with Crippen LogP contribution < -0.4 is 10.6 Å². The number of sulfone groups is 1. The van der Waals surface area contributed by atoms with E-state index in [0.717, 1.165) is 22.5 Å². The Morgan fingerprint density at radius 2 is 1.89 bits per heavy atom. The lowest BCUT2D eigenvalue weighted by atomic mass is 9.99. The van der Waals surface area contributed by atoms with E-state index in [1.165, 1.54) is 18.3 Å². The molecule has 0 aliphatic carbocycles. The maximum absolute atomic E-state index is 13.2. The summed E-state index contributed by atoms with van der Waals surface area (Å²) >= 11 is 7.10. The van der Waals surface area contributed by atoms with Crippen LogP contribution in [0.25, 0.3) is 0 Å². The number of aryl methyl sites for hydroxylation is 4. The molecular weight excluding hydrogens is 510 g/mol. The summed E-state index contributed by atoms with van der Waals surface area (Å²) in [6.07, 6.45) is 3.06. The van der Waals surface area contributed by atoms with Gasteiger partial charge in [-0.25, -0.2) is 8.42 Å². The molecule has 3 rings (SSSR count). The molecule has 0 radical (unpaired) electrons. The van der Waals surface area contributed by atoms with E-state index in [2.05, 4.69) is 15.8 Å². The van der Waals surface area contributed by atoms with E-state index in [0.29, 0.717) is 26.8 Å². The van der Waals surface area contributed by atoms with Crippen LogP contribution in [-0.4, -0.2) is 31.0 Å². The number of nitrogens with one attached hydrogen (secondary N) is 2. The summed E-state index contributed by atoms with van der Waals surface area (Å²) in [6, 6.07) is 5.07. The van der Waals surface area contributed by atoms with Gasteiger partial charge in [0, 0.05) is 23.1 Å². The average molecular weight is 536 g/mol. The highest BCUT2D eigenvalue weighted by molar-refractivity contribution is 7.91. The number of rotatable bonds is 9. The number of amides is 1. The molecule has 2 heterocycles. The highest BCUT2D eigenvalue weighted by Gasteiger charge is 2.26. The Hall–Kier alpha value is -2.95. The molecule has 0 aliphatic rings. The van der Waals surface area contributed by atoms with E-state index in [-0.39, 0.29) is 33.6 Å². The van der Waals surface area contributed by atoms with Gasteiger partial charge in [0.1, 0.15) is 15.6 Å². The monoisotopic (exact) mass is 535 g/mol. The number of anilines is 2. The van der Waals surface area contributed by atoms with Gasteiger partial charge in [-0.3, -0.25) is 9.59 Å². The quantitative estimate of drug-likeness (QED) is 0.329. The maximum atomic E-state index is 13.2. The van der Waals surface area contributed by atoms with Crippen LogP contribution in [-0.2, 0) is 9.84 Å². The topological polar surface area (TPSA) is 118 Å². The molecule has 0 spiro atoms. The standard InChI is InChI=1S/C24H26ClN3O5S2/c1-6-18(29)17-11-13(2)10-14(3)21(17)27-23(30)22-19(12-15(4)34-22)35(31,32)9-7-8-26-24-20(25)16(5)28-33-24/h7-8,10-12,26H,6,9H2,1-5H3,(H,27,30). The number of ketones is 1. The molecule has 0 fully saturated rings. The lowest BCUT2D eigenvalue weighted by Crippen LogP contribution is -2.18. The van der Waals surface area contributed by atoms with E-state index < -0.39 is 15.7 Å². The fourth-order valence-electron chi connectivity index (χ4n) is 3.44. The molecule has 8 nitrogen and oxygen atoms in total. The number of Topliss-reactive ketones (excluding diaryl/α,β-unsaturated/α-hetero) is 1. The number of carbonyl (C=O) groups excluding carboxylic acids is 2. The van der Waals surface area contributed by atoms with Crippen LogP contribution in [0.15, 0.2) is 39.9 Å². The molecule has 1 amide bonds. The highest BCUT2D eigenvalue weighted by atomic mass is 35.5. The van der Waals surface area contributed by atoms with Crippen LogP contribution in [0.5, 0.6) is 0 Å². The average Bonchev–Trinajstić information content (AvgIpc) is 3.35. The number of carbonyl (C=O) groups is 2. The van der Waals surface area contributed by atoms with Gasteiger partial charge in [0.2, 0.25) is 5.88 Å². The summed E-state index contributed by atoms with van der Waals surface area (Å²) in [6.45, 7) is 8.83. The second-order valence-corrected chi connectivity index (χ2v) is 11.7. The normalized spacial score (nSPS) is 11.7. The van der Waals surface area contributed by atoms with Gasteiger partial charge in [-0.15, -0.1) is 11.3 Å². The minimum Gasteiger partial charge on any atom is -0.337 e. The predicted octanol–water partition coefficient (Wildman–Crippen LogP) is 5.87. The van der Waals surface area contributed by atoms with Crippen molar-refractivity contribution in [1.82, 2.24) is 5.16 Å². The third-order valence-electron chi connectivity index (χ3n) is 5.14. The third-order valence-corrected chi connectivity index (χ3v) is 8.39. The SMILES string of the molecule is CCC(=O)c1cc(C)cc(C)c1NC(=O)c1sc(C)cc1S(=O)(=O)CC=CNc1onc(C)c1Cl. The summed E-state index contributed by atoms with van der Waals surface area (Å²) in [4.78, 5) is 26.4. The summed E-state index contributed by atoms with van der Waals surface area (Å²) in [5.41, 5.74) is 2.93. The molecule has 1 aromatic carbocycles. The first kappa shape index (κ1) is 26.7. The second-order valence-electron chi connectivity index (χ2n) is 8.02. The summed E-state index contributed by atoms with van der Waals surface area (Å²) in [5, 5.41) is 9.54. The smallest absolute Gasteiger partial charge is 0.267 e. The molecule has 2 aromatic heterocycles. The van der Waals surface area contributed by atoms with Crippen molar-refractivity contribution in [2.24, 2.45) is 0 Å². The van der Waals surface area contributed by atoms with Gasteiger partial charge in [0.15, 0.2) is 15.6 Å². The number of thiophene rings is 1. The van der Waals surface area contributed by atoms with Crippen LogP contribution in [0.4, 0.5) is 11.6 Å². The van der Waals surface area contributed by atoms with Crippen molar-refractivity contribution in [3.63, 3.8) is 0 Å². The van der Waals surface area contributed by atoms with Crippen molar-refractivity contribution in [2.75, 3.05) is 16.4 Å². The fourth-order valence-corrected chi connectivity index (χ4v) is 6.21. The molecular formula is C24H26ClN3O5S2. The summed E-state index contributed by atoms with van der Waals surface area (Å²) in [7, 11) is -3.84. The van der Waals surface area contributed by atoms with Gasteiger partial charge in [0.05, 0.1) is 16.3 Å². The van der Waals surface area contributed by atoms with Crippen molar-refractivity contribution in [2.45, 2.75) is 45.9 Å². The van der Waals surface area contributed by atoms with Crippen LogP contribution in [0.3, 0.4) is 0 Å². The van der Waals surface area contributed by atoms with E-state index in [4.69, 9.17) is 16.1 Å². The van der Waals surface area contributed by atoms with Crippen molar-refractivity contribution < 1.29 is 22.5 Å². The molecule has 0 unspecified atom stereocenters. The first-order chi connectivity index (χ1) is 16.4. The number of nitrogens with zero attached hydrogens (tertiary/aromatic N) is 1. The minimum absolute atomic E-state index is 0.0626. The van der Waals surface area contributed by atoms with Crippen LogP contribution in [0.2, 0.25) is 5.02 Å². The van der Waals surface area contributed by atoms with Gasteiger partial charge in [-0.2, -0.15) is 0 Å². The zero-order valence-electron chi connectivity index (χ0n) is 20.0. The van der Waals surface area contributed by atoms with Crippen molar-refractivity contribution in [1.29, 1.82) is 0 Å².